The lowest BCUT2D eigenvalue weighted by atomic mass is 9.87. The molecule has 0 aliphatic heterocycles. The van der Waals surface area contributed by atoms with Crippen molar-refractivity contribution in [1.82, 2.24) is 15.5 Å². The van der Waals surface area contributed by atoms with E-state index in [1.807, 2.05) is 32.2 Å². The highest BCUT2D eigenvalue weighted by Crippen LogP contribution is 2.35. The number of nitrogens with zero attached hydrogens (tertiary/aromatic N) is 1. The highest BCUT2D eigenvalue weighted by Gasteiger charge is 2.42. The third kappa shape index (κ3) is 8.65. The van der Waals surface area contributed by atoms with Crippen LogP contribution in [0.5, 0.6) is 0 Å². The smallest absolute Gasteiger partial charge is 0.408 e. The number of hydrogen-bond donors (Lipinski definition) is 2. The van der Waals surface area contributed by atoms with Crippen molar-refractivity contribution in [2.75, 3.05) is 12.0 Å². The van der Waals surface area contributed by atoms with Gasteiger partial charge in [-0.3, -0.25) is 9.59 Å². The van der Waals surface area contributed by atoms with E-state index in [0.29, 0.717) is 12.2 Å². The first-order valence-electron chi connectivity index (χ1n) is 14.2. The van der Waals surface area contributed by atoms with E-state index in [4.69, 9.17) is 4.74 Å². The number of thioether (sulfide) groups is 1. The van der Waals surface area contributed by atoms with Crippen molar-refractivity contribution in [2.45, 2.75) is 122 Å². The molecule has 0 aromatic heterocycles. The standard InChI is InChI=1S/C30H47N3O4S/c1-20-17-21(2)19-22(18-20)26(27(34)31-23-11-8-7-9-12-23)33(24-13-10-14-24)28(35)25(15-16-38-6)32-29(36)37-30(3,4)5/h17-19,23-26H,7-16H2,1-6H3,(H,31,34)(H,32,36). The Morgan fingerprint density at radius 2 is 1.63 bits per heavy atom. The van der Waals surface area contributed by atoms with Gasteiger partial charge < -0.3 is 20.3 Å². The van der Waals surface area contributed by atoms with E-state index in [2.05, 4.69) is 16.7 Å². The molecule has 3 rings (SSSR count). The average molecular weight is 546 g/mol. The van der Waals surface area contributed by atoms with E-state index >= 15 is 0 Å². The van der Waals surface area contributed by atoms with Crippen molar-refractivity contribution >= 4 is 29.7 Å². The Morgan fingerprint density at radius 1 is 1.00 bits per heavy atom. The lowest BCUT2D eigenvalue weighted by Crippen LogP contribution is -2.58. The Hall–Kier alpha value is -2.22. The number of nitrogens with one attached hydrogen (secondary N) is 2. The molecule has 0 radical (unpaired) electrons. The molecule has 0 spiro atoms. The second-order valence-corrected chi connectivity index (χ2v) is 13.0. The number of ether oxygens (including phenoxy) is 1. The van der Waals surface area contributed by atoms with Crippen molar-refractivity contribution in [2.24, 2.45) is 0 Å². The summed E-state index contributed by atoms with van der Waals surface area (Å²) in [7, 11) is 0. The molecule has 2 unspecified atom stereocenters. The Kier molecular flexibility index (Phi) is 10.9. The largest absolute Gasteiger partial charge is 0.444 e. The van der Waals surface area contributed by atoms with Crippen molar-refractivity contribution in [3.8, 4) is 0 Å². The fraction of sp³-hybridized carbons (Fsp3) is 0.700. The maximum absolute atomic E-state index is 14.3. The fourth-order valence-corrected chi connectivity index (χ4v) is 5.91. The molecule has 2 aliphatic carbocycles. The van der Waals surface area contributed by atoms with Gasteiger partial charge in [-0.1, -0.05) is 48.6 Å². The van der Waals surface area contributed by atoms with Crippen LogP contribution in [0.2, 0.25) is 0 Å². The third-order valence-corrected chi connectivity index (χ3v) is 8.00. The van der Waals surface area contributed by atoms with Crippen molar-refractivity contribution in [3.05, 3.63) is 34.9 Å². The van der Waals surface area contributed by atoms with Crippen LogP contribution in [0.15, 0.2) is 18.2 Å². The predicted molar refractivity (Wildman–Crippen MR) is 154 cm³/mol. The zero-order valence-corrected chi connectivity index (χ0v) is 24.9. The van der Waals surface area contributed by atoms with E-state index in [1.54, 1.807) is 37.4 Å². The molecule has 0 bridgehead atoms. The number of rotatable bonds is 10. The van der Waals surface area contributed by atoms with Crippen LogP contribution in [0.1, 0.15) is 101 Å². The SMILES string of the molecule is CSCCC(NC(=O)OC(C)(C)C)C(=O)N(C1CCC1)C(C(=O)NC1CCCCC1)c1cc(C)cc(C)c1. The minimum absolute atomic E-state index is 0.0392. The number of benzene rings is 1. The van der Waals surface area contributed by atoms with Gasteiger partial charge in [0.05, 0.1) is 0 Å². The summed E-state index contributed by atoms with van der Waals surface area (Å²) in [5.74, 6) is 0.369. The molecule has 2 aliphatic rings. The lowest BCUT2D eigenvalue weighted by Gasteiger charge is -2.44. The van der Waals surface area contributed by atoms with Gasteiger partial charge in [0.25, 0.3) is 0 Å². The lowest BCUT2D eigenvalue weighted by molar-refractivity contribution is -0.147. The van der Waals surface area contributed by atoms with Crippen LogP contribution in [0.4, 0.5) is 4.79 Å². The van der Waals surface area contributed by atoms with Gasteiger partial charge >= 0.3 is 6.09 Å². The molecule has 0 saturated heterocycles. The zero-order valence-electron chi connectivity index (χ0n) is 24.1. The van der Waals surface area contributed by atoms with E-state index in [0.717, 1.165) is 61.6 Å². The van der Waals surface area contributed by atoms with Crippen molar-refractivity contribution in [3.63, 3.8) is 0 Å². The Morgan fingerprint density at radius 3 is 2.16 bits per heavy atom. The minimum Gasteiger partial charge on any atom is -0.444 e. The molecule has 2 N–H and O–H groups in total. The second-order valence-electron chi connectivity index (χ2n) is 12.0. The summed E-state index contributed by atoms with van der Waals surface area (Å²) < 4.78 is 5.50. The molecular weight excluding hydrogens is 498 g/mol. The molecule has 38 heavy (non-hydrogen) atoms. The molecule has 8 heteroatoms. The maximum Gasteiger partial charge on any atom is 0.408 e. The van der Waals surface area contributed by atoms with Gasteiger partial charge in [0, 0.05) is 12.1 Å². The summed E-state index contributed by atoms with van der Waals surface area (Å²) in [5.41, 5.74) is 2.27. The van der Waals surface area contributed by atoms with Gasteiger partial charge in [-0.2, -0.15) is 11.8 Å². The van der Waals surface area contributed by atoms with Crippen LogP contribution in [0, 0.1) is 13.8 Å². The molecule has 1 aromatic carbocycles. The van der Waals surface area contributed by atoms with E-state index < -0.39 is 23.8 Å². The molecule has 2 fully saturated rings. The summed E-state index contributed by atoms with van der Waals surface area (Å²) in [4.78, 5) is 42.9. The Bertz CT molecular complexity index is 946. The first-order chi connectivity index (χ1) is 18.0. The highest BCUT2D eigenvalue weighted by molar-refractivity contribution is 7.98. The van der Waals surface area contributed by atoms with E-state index in [1.165, 1.54) is 6.42 Å². The second kappa shape index (κ2) is 13.7. The summed E-state index contributed by atoms with van der Waals surface area (Å²) >= 11 is 1.62. The molecule has 2 saturated carbocycles. The number of aryl methyl sites for hydroxylation is 2. The van der Waals surface area contributed by atoms with Gasteiger partial charge in [0.15, 0.2) is 0 Å². The topological polar surface area (TPSA) is 87.7 Å². The van der Waals surface area contributed by atoms with Gasteiger partial charge in [0.2, 0.25) is 11.8 Å². The molecule has 2 atom stereocenters. The summed E-state index contributed by atoms with van der Waals surface area (Å²) in [6.45, 7) is 9.45. The number of alkyl carbamates (subject to hydrolysis) is 1. The number of carbonyl (C=O) groups excluding carboxylic acids is 3. The Labute approximate surface area is 233 Å². The van der Waals surface area contributed by atoms with E-state index in [-0.39, 0.29) is 23.9 Å². The average Bonchev–Trinajstić information content (AvgIpc) is 2.78. The van der Waals surface area contributed by atoms with Crippen molar-refractivity contribution < 1.29 is 19.1 Å². The number of carbonyl (C=O) groups is 3. The molecule has 3 amide bonds. The fourth-order valence-electron chi connectivity index (χ4n) is 5.44. The van der Waals surface area contributed by atoms with Crippen LogP contribution in [0.3, 0.4) is 0 Å². The van der Waals surface area contributed by atoms with Gasteiger partial charge in [-0.25, -0.2) is 4.79 Å². The van der Waals surface area contributed by atoms with Crippen LogP contribution in [-0.4, -0.2) is 58.5 Å². The normalized spacial score (nSPS) is 18.2. The highest BCUT2D eigenvalue weighted by atomic mass is 32.2. The van der Waals surface area contributed by atoms with Crippen LogP contribution in [-0.2, 0) is 14.3 Å². The minimum atomic E-state index is -0.770. The van der Waals surface area contributed by atoms with Crippen LogP contribution < -0.4 is 10.6 Å². The predicted octanol–water partition coefficient (Wildman–Crippen LogP) is 5.82. The maximum atomic E-state index is 14.3. The monoisotopic (exact) mass is 545 g/mol. The summed E-state index contributed by atoms with van der Waals surface area (Å²) in [6.07, 6.45) is 9.93. The molecule has 1 aromatic rings. The molecule has 7 nitrogen and oxygen atoms in total. The third-order valence-electron chi connectivity index (χ3n) is 7.36. The molecule has 0 heterocycles. The first-order valence-corrected chi connectivity index (χ1v) is 15.6. The van der Waals surface area contributed by atoms with Gasteiger partial charge in [0.1, 0.15) is 17.7 Å². The summed E-state index contributed by atoms with van der Waals surface area (Å²) in [6, 6.07) is 4.71. The van der Waals surface area contributed by atoms with Crippen LogP contribution in [0.25, 0.3) is 0 Å². The zero-order chi connectivity index (χ0) is 27.9. The first kappa shape index (κ1) is 30.3. The number of amides is 3. The quantitative estimate of drug-likeness (QED) is 0.387. The Balaban J connectivity index is 1.98. The van der Waals surface area contributed by atoms with Crippen molar-refractivity contribution in [1.29, 1.82) is 0 Å². The van der Waals surface area contributed by atoms with Gasteiger partial charge in [-0.15, -0.1) is 0 Å². The molecular formula is C30H47N3O4S. The number of hydrogen-bond acceptors (Lipinski definition) is 5. The summed E-state index contributed by atoms with van der Waals surface area (Å²) in [5, 5.41) is 6.14. The van der Waals surface area contributed by atoms with E-state index in [9.17, 15) is 14.4 Å². The van der Waals surface area contributed by atoms with Crippen LogP contribution >= 0.6 is 11.8 Å². The van der Waals surface area contributed by atoms with Gasteiger partial charge in [-0.05, 0) is 90.7 Å². The molecule has 212 valence electrons.